The highest BCUT2D eigenvalue weighted by Gasteiger charge is 2.28. The maximum Gasteiger partial charge on any atom is 0.251 e. The molecule has 0 unspecified atom stereocenters. The number of likely N-dealkylation sites (tertiary alicyclic amines) is 1. The van der Waals surface area contributed by atoms with Crippen LogP contribution in [0.4, 0.5) is 0 Å². The van der Waals surface area contributed by atoms with E-state index in [4.69, 9.17) is 0 Å². The fourth-order valence-corrected chi connectivity index (χ4v) is 6.11. The molecule has 2 saturated heterocycles. The Kier molecular flexibility index (Phi) is 7.71. The third kappa shape index (κ3) is 5.58. The summed E-state index contributed by atoms with van der Waals surface area (Å²) in [5.74, 6) is -0.202. The smallest absolute Gasteiger partial charge is 0.251 e. The average molecular weight is 422 g/mol. The van der Waals surface area contributed by atoms with Gasteiger partial charge in [-0.2, -0.15) is 4.31 Å². The molecule has 2 aliphatic heterocycles. The quantitative estimate of drug-likeness (QED) is 0.687. The summed E-state index contributed by atoms with van der Waals surface area (Å²) in [5, 5.41) is 2.96. The minimum absolute atomic E-state index is 0.202. The zero-order valence-corrected chi connectivity index (χ0v) is 18.6. The van der Waals surface area contributed by atoms with Crippen LogP contribution >= 0.6 is 0 Å². The number of carbonyl (C=O) groups excluding carboxylic acids is 1. The molecule has 29 heavy (non-hydrogen) atoms. The summed E-state index contributed by atoms with van der Waals surface area (Å²) in [4.78, 5) is 15.3. The molecule has 7 heteroatoms. The van der Waals surface area contributed by atoms with E-state index < -0.39 is 10.0 Å². The standard InChI is InChI=1S/C22H35N3O3S/c1-18-10-11-20(17-21(18)29(27,28)25-15-5-3-6-16-25)22(26)23-12-8-14-24-13-7-4-9-19(24)2/h10-11,17,19H,3-9,12-16H2,1-2H3,(H,23,26)/t19-/m0/s1. The molecule has 0 radical (unpaired) electrons. The second-order valence-electron chi connectivity index (χ2n) is 8.44. The molecule has 1 aromatic carbocycles. The number of nitrogens with one attached hydrogen (secondary N) is 1. The maximum absolute atomic E-state index is 13.0. The van der Waals surface area contributed by atoms with E-state index >= 15 is 0 Å². The molecule has 1 aromatic rings. The SMILES string of the molecule is Cc1ccc(C(=O)NCCCN2CCCC[C@@H]2C)cc1S(=O)(=O)N1CCCCC1. The van der Waals surface area contributed by atoms with Gasteiger partial charge < -0.3 is 10.2 Å². The van der Waals surface area contributed by atoms with Crippen LogP contribution in [0.15, 0.2) is 23.1 Å². The van der Waals surface area contributed by atoms with Crippen molar-refractivity contribution in [1.29, 1.82) is 0 Å². The fraction of sp³-hybridized carbons (Fsp3) is 0.682. The first kappa shape index (κ1) is 22.2. The van der Waals surface area contributed by atoms with Crippen molar-refractivity contribution in [2.45, 2.75) is 69.7 Å². The Labute approximate surface area is 175 Å². The lowest BCUT2D eigenvalue weighted by molar-refractivity contribution is 0.0948. The molecule has 1 N–H and O–H groups in total. The third-order valence-electron chi connectivity index (χ3n) is 6.23. The first-order chi connectivity index (χ1) is 13.9. The van der Waals surface area contributed by atoms with Gasteiger partial charge >= 0.3 is 0 Å². The van der Waals surface area contributed by atoms with Gasteiger partial charge in [0, 0.05) is 37.8 Å². The van der Waals surface area contributed by atoms with Crippen molar-refractivity contribution in [3.8, 4) is 0 Å². The summed E-state index contributed by atoms with van der Waals surface area (Å²) in [6.07, 6.45) is 7.59. The van der Waals surface area contributed by atoms with Crippen molar-refractivity contribution < 1.29 is 13.2 Å². The number of nitrogens with zero attached hydrogens (tertiary/aromatic N) is 2. The van der Waals surface area contributed by atoms with Gasteiger partial charge in [-0.05, 0) is 70.2 Å². The van der Waals surface area contributed by atoms with Gasteiger partial charge in [0.1, 0.15) is 0 Å². The number of hydrogen-bond acceptors (Lipinski definition) is 4. The molecule has 0 saturated carbocycles. The summed E-state index contributed by atoms with van der Waals surface area (Å²) in [5.41, 5.74) is 1.10. The molecule has 1 amide bonds. The Hall–Kier alpha value is -1.44. The normalized spacial score (nSPS) is 21.8. The highest BCUT2D eigenvalue weighted by atomic mass is 32.2. The molecule has 2 fully saturated rings. The molecule has 162 valence electrons. The number of rotatable bonds is 7. The largest absolute Gasteiger partial charge is 0.352 e. The van der Waals surface area contributed by atoms with Crippen molar-refractivity contribution in [1.82, 2.24) is 14.5 Å². The molecule has 3 rings (SSSR count). The number of aryl methyl sites for hydroxylation is 1. The predicted molar refractivity (Wildman–Crippen MR) is 116 cm³/mol. The Balaban J connectivity index is 1.59. The van der Waals surface area contributed by atoms with E-state index in [0.717, 1.165) is 38.8 Å². The number of hydrogen-bond donors (Lipinski definition) is 1. The number of sulfonamides is 1. The minimum Gasteiger partial charge on any atom is -0.352 e. The molecule has 2 heterocycles. The lowest BCUT2D eigenvalue weighted by atomic mass is 10.0. The van der Waals surface area contributed by atoms with Crippen LogP contribution in [0.2, 0.25) is 0 Å². The van der Waals surface area contributed by atoms with Gasteiger partial charge in [0.2, 0.25) is 10.0 Å². The van der Waals surface area contributed by atoms with Crippen LogP contribution in [0, 0.1) is 6.92 Å². The summed E-state index contributed by atoms with van der Waals surface area (Å²) in [6.45, 7) is 7.92. The zero-order valence-electron chi connectivity index (χ0n) is 17.8. The number of amides is 1. The number of carbonyl (C=O) groups is 1. The topological polar surface area (TPSA) is 69.7 Å². The maximum atomic E-state index is 13.0. The van der Waals surface area contributed by atoms with E-state index in [1.807, 2.05) is 0 Å². The second kappa shape index (κ2) is 10.0. The Morgan fingerprint density at radius 3 is 2.55 bits per heavy atom. The summed E-state index contributed by atoms with van der Waals surface area (Å²) in [7, 11) is -3.55. The van der Waals surface area contributed by atoms with Gasteiger partial charge in [-0.1, -0.05) is 18.9 Å². The lowest BCUT2D eigenvalue weighted by Gasteiger charge is -2.33. The van der Waals surface area contributed by atoms with Gasteiger partial charge in [-0.15, -0.1) is 0 Å². The molecule has 0 aromatic heterocycles. The van der Waals surface area contributed by atoms with Crippen LogP contribution in [0.1, 0.15) is 67.8 Å². The van der Waals surface area contributed by atoms with E-state index in [0.29, 0.717) is 36.8 Å². The zero-order chi connectivity index (χ0) is 20.9. The average Bonchev–Trinajstić information content (AvgIpc) is 2.73. The number of piperidine rings is 2. The van der Waals surface area contributed by atoms with Crippen LogP contribution in [0.3, 0.4) is 0 Å². The van der Waals surface area contributed by atoms with Crippen LogP contribution in [0.25, 0.3) is 0 Å². The number of benzene rings is 1. The van der Waals surface area contributed by atoms with E-state index in [9.17, 15) is 13.2 Å². The first-order valence-corrected chi connectivity index (χ1v) is 12.5. The van der Waals surface area contributed by atoms with Crippen molar-refractivity contribution in [3.63, 3.8) is 0 Å². The molecule has 2 aliphatic rings. The van der Waals surface area contributed by atoms with E-state index in [-0.39, 0.29) is 10.8 Å². The van der Waals surface area contributed by atoms with Crippen LogP contribution < -0.4 is 5.32 Å². The molecular formula is C22H35N3O3S. The summed E-state index contributed by atoms with van der Waals surface area (Å²) >= 11 is 0. The van der Waals surface area contributed by atoms with Crippen LogP contribution in [-0.2, 0) is 10.0 Å². The fourth-order valence-electron chi connectivity index (χ4n) is 4.34. The second-order valence-corrected chi connectivity index (χ2v) is 10.3. The third-order valence-corrected chi connectivity index (χ3v) is 8.27. The highest BCUT2D eigenvalue weighted by Crippen LogP contribution is 2.24. The van der Waals surface area contributed by atoms with Gasteiger partial charge in [-0.25, -0.2) is 8.42 Å². The van der Waals surface area contributed by atoms with Crippen LogP contribution in [-0.4, -0.2) is 62.3 Å². The summed E-state index contributed by atoms with van der Waals surface area (Å²) < 4.78 is 27.6. The van der Waals surface area contributed by atoms with Crippen LogP contribution in [0.5, 0.6) is 0 Å². The van der Waals surface area contributed by atoms with Gasteiger partial charge in [-0.3, -0.25) is 4.79 Å². The minimum atomic E-state index is -3.55. The summed E-state index contributed by atoms with van der Waals surface area (Å²) in [6, 6.07) is 5.62. The van der Waals surface area contributed by atoms with Crippen molar-refractivity contribution >= 4 is 15.9 Å². The van der Waals surface area contributed by atoms with E-state index in [2.05, 4.69) is 17.1 Å². The van der Waals surface area contributed by atoms with E-state index in [1.165, 1.54) is 19.3 Å². The lowest BCUT2D eigenvalue weighted by Crippen LogP contribution is -2.39. The molecular weight excluding hydrogens is 386 g/mol. The molecule has 0 spiro atoms. The monoisotopic (exact) mass is 421 g/mol. The Morgan fingerprint density at radius 1 is 1.10 bits per heavy atom. The highest BCUT2D eigenvalue weighted by molar-refractivity contribution is 7.89. The Morgan fingerprint density at radius 2 is 1.83 bits per heavy atom. The van der Waals surface area contributed by atoms with Crippen molar-refractivity contribution in [3.05, 3.63) is 29.3 Å². The molecule has 1 atom stereocenters. The molecule has 6 nitrogen and oxygen atoms in total. The first-order valence-electron chi connectivity index (χ1n) is 11.0. The Bertz CT molecular complexity index is 804. The molecule has 0 aliphatic carbocycles. The molecule has 0 bridgehead atoms. The van der Waals surface area contributed by atoms with E-state index in [1.54, 1.807) is 29.4 Å². The van der Waals surface area contributed by atoms with Crippen molar-refractivity contribution in [2.75, 3.05) is 32.7 Å². The predicted octanol–water partition coefficient (Wildman–Crippen LogP) is 3.16. The van der Waals surface area contributed by atoms with Gasteiger partial charge in [0.15, 0.2) is 0 Å². The van der Waals surface area contributed by atoms with Gasteiger partial charge in [0.05, 0.1) is 4.90 Å². The van der Waals surface area contributed by atoms with Gasteiger partial charge in [0.25, 0.3) is 5.91 Å². The van der Waals surface area contributed by atoms with Crippen molar-refractivity contribution in [2.24, 2.45) is 0 Å².